The number of aliphatic hydroxyl groups is 2. The molecule has 3 unspecified atom stereocenters. The van der Waals surface area contributed by atoms with Crippen LogP contribution in [0, 0.1) is 11.7 Å². The number of rotatable bonds is 9. The zero-order chi connectivity index (χ0) is 26.2. The Labute approximate surface area is 215 Å². The Balaban J connectivity index is 0.000000558. The normalized spacial score (nSPS) is 22.9. The van der Waals surface area contributed by atoms with Crippen molar-refractivity contribution < 1.29 is 14.6 Å². The van der Waals surface area contributed by atoms with E-state index >= 15 is 0 Å². The molecular formula is C29H41FN4O2. The van der Waals surface area contributed by atoms with Crippen LogP contribution in [0.1, 0.15) is 20.3 Å². The first-order valence-corrected chi connectivity index (χ1v) is 12.4. The molecule has 0 radical (unpaired) electrons. The standard InChI is InChI=1S/C23H36N4O2.C6H5F/c1-4-5-6-7-14-25-21(28)19-10-8-12-20(13-9-11-19)26-22(29)23(2,3)27-17-15-24-16-18-27;7-6-4-2-1-3-5-6/h4-12,14,19,21-22,24-26,28-29H,1,13,15-18H2,2-3H3;1-5H/b6-5-,10-8?,11-9-,14-7+,20-12+;. The zero-order valence-electron chi connectivity index (χ0n) is 21.4. The van der Waals surface area contributed by atoms with Crippen LogP contribution in [0.15, 0.2) is 103 Å². The Bertz CT molecular complexity index is 918. The molecule has 3 atom stereocenters. The summed E-state index contributed by atoms with van der Waals surface area (Å²) in [7, 11) is 0. The molecule has 0 saturated carbocycles. The third-order valence-electron chi connectivity index (χ3n) is 6.07. The maximum Gasteiger partial charge on any atom is 0.142 e. The first kappa shape index (κ1) is 29.3. The summed E-state index contributed by atoms with van der Waals surface area (Å²) in [6.07, 6.45) is 18.0. The molecule has 7 heteroatoms. The van der Waals surface area contributed by atoms with Crippen molar-refractivity contribution in [2.24, 2.45) is 5.92 Å². The minimum absolute atomic E-state index is 0.136. The van der Waals surface area contributed by atoms with Gasteiger partial charge in [-0.1, -0.05) is 67.3 Å². The number of nitrogens with one attached hydrogen (secondary N) is 3. The van der Waals surface area contributed by atoms with Crippen molar-refractivity contribution in [1.82, 2.24) is 20.9 Å². The number of allylic oxidation sites excluding steroid dienone is 7. The van der Waals surface area contributed by atoms with Crippen LogP contribution in [0.4, 0.5) is 4.39 Å². The fourth-order valence-corrected chi connectivity index (χ4v) is 3.75. The van der Waals surface area contributed by atoms with Crippen molar-refractivity contribution in [3.8, 4) is 0 Å². The van der Waals surface area contributed by atoms with Gasteiger partial charge in [0.25, 0.3) is 0 Å². The Hall–Kier alpha value is -2.97. The molecule has 0 amide bonds. The van der Waals surface area contributed by atoms with E-state index in [1.807, 2.05) is 48.6 Å². The van der Waals surface area contributed by atoms with Crippen LogP contribution in [0.2, 0.25) is 0 Å². The predicted molar refractivity (Wildman–Crippen MR) is 146 cm³/mol. The highest BCUT2D eigenvalue weighted by atomic mass is 19.1. The summed E-state index contributed by atoms with van der Waals surface area (Å²) in [4.78, 5) is 2.31. The largest absolute Gasteiger partial charge is 0.373 e. The maximum absolute atomic E-state index is 11.9. The van der Waals surface area contributed by atoms with Crippen molar-refractivity contribution in [2.75, 3.05) is 26.2 Å². The number of nitrogens with zero attached hydrogens (tertiary/aromatic N) is 1. The van der Waals surface area contributed by atoms with Crippen LogP contribution < -0.4 is 16.0 Å². The average Bonchev–Trinajstić information content (AvgIpc) is 2.86. The van der Waals surface area contributed by atoms with E-state index in [1.165, 1.54) is 12.1 Å². The van der Waals surface area contributed by atoms with Crippen LogP contribution in [-0.2, 0) is 0 Å². The van der Waals surface area contributed by atoms with Crippen molar-refractivity contribution in [1.29, 1.82) is 0 Å². The fraction of sp³-hybridized carbons (Fsp3) is 0.379. The number of benzene rings is 1. The van der Waals surface area contributed by atoms with Gasteiger partial charge in [0.1, 0.15) is 18.3 Å². The molecule has 6 nitrogen and oxygen atoms in total. The van der Waals surface area contributed by atoms with Crippen molar-refractivity contribution >= 4 is 0 Å². The van der Waals surface area contributed by atoms with Gasteiger partial charge >= 0.3 is 0 Å². The first-order valence-electron chi connectivity index (χ1n) is 12.4. The zero-order valence-corrected chi connectivity index (χ0v) is 21.4. The lowest BCUT2D eigenvalue weighted by Gasteiger charge is -2.44. The third kappa shape index (κ3) is 10.3. The van der Waals surface area contributed by atoms with E-state index in [2.05, 4.69) is 41.3 Å². The molecule has 5 N–H and O–H groups in total. The van der Waals surface area contributed by atoms with E-state index in [9.17, 15) is 14.6 Å². The molecule has 36 heavy (non-hydrogen) atoms. The number of halogens is 1. The van der Waals surface area contributed by atoms with Gasteiger partial charge in [0.2, 0.25) is 0 Å². The molecule has 196 valence electrons. The lowest BCUT2D eigenvalue weighted by molar-refractivity contribution is -0.0286. The summed E-state index contributed by atoms with van der Waals surface area (Å²) in [6, 6.07) is 7.94. The summed E-state index contributed by atoms with van der Waals surface area (Å²) >= 11 is 0. The van der Waals surface area contributed by atoms with Gasteiger partial charge in [-0.15, -0.1) is 0 Å². The lowest BCUT2D eigenvalue weighted by Crippen LogP contribution is -2.61. The molecule has 1 saturated heterocycles. The molecule has 1 aromatic carbocycles. The molecule has 1 aliphatic carbocycles. The maximum atomic E-state index is 11.9. The van der Waals surface area contributed by atoms with Gasteiger partial charge in [-0.25, -0.2) is 4.39 Å². The van der Waals surface area contributed by atoms with Gasteiger partial charge in [-0.2, -0.15) is 0 Å². The monoisotopic (exact) mass is 496 g/mol. The molecule has 3 rings (SSSR count). The van der Waals surface area contributed by atoms with Crippen LogP contribution in [0.5, 0.6) is 0 Å². The fourth-order valence-electron chi connectivity index (χ4n) is 3.75. The lowest BCUT2D eigenvalue weighted by atomic mass is 9.98. The van der Waals surface area contributed by atoms with Gasteiger partial charge in [0, 0.05) is 44.2 Å². The molecule has 0 aromatic heterocycles. The first-order chi connectivity index (χ1) is 17.3. The molecule has 1 aromatic rings. The van der Waals surface area contributed by atoms with Crippen LogP contribution in [0.25, 0.3) is 0 Å². The van der Waals surface area contributed by atoms with Gasteiger partial charge < -0.3 is 26.2 Å². The van der Waals surface area contributed by atoms with E-state index in [4.69, 9.17) is 0 Å². The van der Waals surface area contributed by atoms with Crippen LogP contribution in [0.3, 0.4) is 0 Å². The molecule has 0 spiro atoms. The second-order valence-corrected chi connectivity index (χ2v) is 9.11. The highest BCUT2D eigenvalue weighted by Crippen LogP contribution is 2.20. The minimum atomic E-state index is -0.712. The Kier molecular flexibility index (Phi) is 12.9. The minimum Gasteiger partial charge on any atom is -0.373 e. The summed E-state index contributed by atoms with van der Waals surface area (Å²) in [5, 5.41) is 30.7. The van der Waals surface area contributed by atoms with E-state index in [0.717, 1.165) is 31.9 Å². The number of aliphatic hydroxyl groups excluding tert-OH is 2. The van der Waals surface area contributed by atoms with Crippen LogP contribution in [-0.4, -0.2) is 59.3 Å². The molecule has 1 fully saturated rings. The van der Waals surface area contributed by atoms with E-state index < -0.39 is 12.5 Å². The molecule has 1 aliphatic heterocycles. The molecule has 1 heterocycles. The summed E-state index contributed by atoms with van der Waals surface area (Å²) in [5.74, 6) is -0.314. The van der Waals surface area contributed by atoms with Gasteiger partial charge in [0.15, 0.2) is 0 Å². The van der Waals surface area contributed by atoms with Crippen molar-refractivity contribution in [2.45, 2.75) is 38.3 Å². The van der Waals surface area contributed by atoms with Gasteiger partial charge in [-0.05, 0) is 44.3 Å². The van der Waals surface area contributed by atoms with Gasteiger partial charge in [-0.3, -0.25) is 4.90 Å². The average molecular weight is 497 g/mol. The predicted octanol–water partition coefficient (Wildman–Crippen LogP) is 3.58. The van der Waals surface area contributed by atoms with E-state index in [0.29, 0.717) is 6.42 Å². The molecular weight excluding hydrogens is 455 g/mol. The summed E-state index contributed by atoms with van der Waals surface area (Å²) in [6.45, 7) is 11.5. The van der Waals surface area contributed by atoms with Gasteiger partial charge in [0.05, 0.1) is 5.54 Å². The Morgan fingerprint density at radius 1 is 1.11 bits per heavy atom. The number of hydrogen-bond acceptors (Lipinski definition) is 6. The highest BCUT2D eigenvalue weighted by molar-refractivity contribution is 5.21. The van der Waals surface area contributed by atoms with E-state index in [1.54, 1.807) is 30.5 Å². The Morgan fingerprint density at radius 2 is 1.83 bits per heavy atom. The van der Waals surface area contributed by atoms with E-state index in [-0.39, 0.29) is 17.3 Å². The van der Waals surface area contributed by atoms with Crippen LogP contribution >= 0.6 is 0 Å². The van der Waals surface area contributed by atoms with Crippen molar-refractivity contribution in [3.63, 3.8) is 0 Å². The summed E-state index contributed by atoms with van der Waals surface area (Å²) < 4.78 is 11.9. The SMILES string of the molecule is C=C/C=C\C=C\NC(O)C1C=C/C=C(/NC(O)C(C)(C)N2CCNCC2)C/C=C\1.Fc1ccccc1. The quantitative estimate of drug-likeness (QED) is 0.204. The number of piperazine rings is 1. The Morgan fingerprint density at radius 3 is 2.47 bits per heavy atom. The number of hydrogen-bond donors (Lipinski definition) is 5. The molecule has 0 bridgehead atoms. The second kappa shape index (κ2) is 15.9. The summed E-state index contributed by atoms with van der Waals surface area (Å²) in [5.41, 5.74) is 0.580. The molecule has 2 aliphatic rings. The third-order valence-corrected chi connectivity index (χ3v) is 6.07. The topological polar surface area (TPSA) is 79.8 Å². The highest BCUT2D eigenvalue weighted by Gasteiger charge is 2.35. The smallest absolute Gasteiger partial charge is 0.142 e. The van der Waals surface area contributed by atoms with Crippen molar-refractivity contribution in [3.05, 3.63) is 109 Å². The second-order valence-electron chi connectivity index (χ2n) is 9.11.